The van der Waals surface area contributed by atoms with Gasteiger partial charge >= 0.3 is 5.97 Å². The zero-order valence-electron chi connectivity index (χ0n) is 15.2. The van der Waals surface area contributed by atoms with Crippen LogP contribution in [-0.2, 0) is 9.53 Å². The van der Waals surface area contributed by atoms with Gasteiger partial charge in [0, 0.05) is 16.4 Å². The number of carbonyl (C=O) groups excluding carboxylic acids is 1. The third-order valence-corrected chi connectivity index (χ3v) is 4.94. The van der Waals surface area contributed by atoms with Gasteiger partial charge in [0.1, 0.15) is 5.75 Å². The van der Waals surface area contributed by atoms with Gasteiger partial charge in [-0.3, -0.25) is 4.90 Å². The lowest BCUT2D eigenvalue weighted by Crippen LogP contribution is -2.48. The predicted molar refractivity (Wildman–Crippen MR) is 110 cm³/mol. The van der Waals surface area contributed by atoms with E-state index in [1.807, 2.05) is 48.2 Å². The Bertz CT molecular complexity index is 912. The number of nitrogens with one attached hydrogen (secondary N) is 1. The van der Waals surface area contributed by atoms with E-state index in [-0.39, 0.29) is 0 Å². The molecule has 1 aliphatic heterocycles. The molecule has 7 heteroatoms. The van der Waals surface area contributed by atoms with Gasteiger partial charge in [0.05, 0.1) is 25.8 Å². The van der Waals surface area contributed by atoms with Gasteiger partial charge in [0.25, 0.3) is 0 Å². The van der Waals surface area contributed by atoms with Crippen LogP contribution in [0.2, 0.25) is 5.02 Å². The molecule has 140 valence electrons. The molecule has 0 aliphatic carbocycles. The van der Waals surface area contributed by atoms with Crippen LogP contribution in [-0.4, -0.2) is 25.3 Å². The number of ether oxygens (including phenoxy) is 2. The van der Waals surface area contributed by atoms with Crippen molar-refractivity contribution in [2.75, 3.05) is 19.1 Å². The number of halogens is 1. The standard InChI is InChI=1S/C20H19ClN2O3S/c1-12-17(19(24)26-3)18(13-5-4-6-14(21)11-13)22-20(27)23(12)15-7-9-16(25-2)10-8-15/h4-11,18H,1-3H3,(H,22,27)/t18-/m0/s1. The van der Waals surface area contributed by atoms with Crippen molar-refractivity contribution in [3.8, 4) is 5.75 Å². The first-order chi connectivity index (χ1) is 13.0. The highest BCUT2D eigenvalue weighted by atomic mass is 35.5. The second-order valence-corrected chi connectivity index (χ2v) is 6.78. The predicted octanol–water partition coefficient (Wildman–Crippen LogP) is 4.23. The Labute approximate surface area is 168 Å². The number of benzene rings is 2. The normalized spacial score (nSPS) is 16.8. The molecule has 0 spiro atoms. The smallest absolute Gasteiger partial charge is 0.337 e. The molecular formula is C20H19ClN2O3S. The average Bonchev–Trinajstić information content (AvgIpc) is 2.67. The minimum Gasteiger partial charge on any atom is -0.497 e. The summed E-state index contributed by atoms with van der Waals surface area (Å²) >= 11 is 11.7. The Morgan fingerprint density at radius 3 is 2.48 bits per heavy atom. The molecule has 1 aliphatic rings. The number of anilines is 1. The molecule has 0 amide bonds. The van der Waals surface area contributed by atoms with E-state index < -0.39 is 12.0 Å². The Morgan fingerprint density at radius 1 is 1.19 bits per heavy atom. The lowest BCUT2D eigenvalue weighted by Gasteiger charge is -2.37. The van der Waals surface area contributed by atoms with Gasteiger partial charge in [0.15, 0.2) is 5.11 Å². The summed E-state index contributed by atoms with van der Waals surface area (Å²) in [6.07, 6.45) is 0. The molecule has 0 saturated heterocycles. The minimum absolute atomic E-state index is 0.425. The third kappa shape index (κ3) is 3.77. The number of nitrogens with zero attached hydrogens (tertiary/aromatic N) is 1. The summed E-state index contributed by atoms with van der Waals surface area (Å²) < 4.78 is 10.2. The Balaban J connectivity index is 2.11. The Kier molecular flexibility index (Phi) is 5.68. The highest BCUT2D eigenvalue weighted by Gasteiger charge is 2.35. The number of thiocarbonyl (C=S) groups is 1. The summed E-state index contributed by atoms with van der Waals surface area (Å²) in [5, 5.41) is 4.31. The molecule has 1 heterocycles. The van der Waals surface area contributed by atoms with E-state index in [0.717, 1.165) is 17.0 Å². The second-order valence-electron chi connectivity index (χ2n) is 5.96. The number of esters is 1. The van der Waals surface area contributed by atoms with E-state index >= 15 is 0 Å². The number of hydrogen-bond acceptors (Lipinski definition) is 4. The van der Waals surface area contributed by atoms with Crippen molar-refractivity contribution in [1.29, 1.82) is 0 Å². The van der Waals surface area contributed by atoms with E-state index in [9.17, 15) is 4.79 Å². The second kappa shape index (κ2) is 7.98. The summed E-state index contributed by atoms with van der Waals surface area (Å²) in [5.74, 6) is 0.312. The maximum absolute atomic E-state index is 12.6. The third-order valence-electron chi connectivity index (χ3n) is 4.40. The van der Waals surface area contributed by atoms with Crippen LogP contribution in [0.5, 0.6) is 5.75 Å². The van der Waals surface area contributed by atoms with Crippen molar-refractivity contribution in [2.24, 2.45) is 0 Å². The average molecular weight is 403 g/mol. The fraction of sp³-hybridized carbons (Fsp3) is 0.200. The summed E-state index contributed by atoms with van der Waals surface area (Å²) in [6, 6.07) is 14.3. The van der Waals surface area contributed by atoms with Crippen molar-refractivity contribution in [3.05, 3.63) is 70.4 Å². The van der Waals surface area contributed by atoms with Gasteiger partial charge in [-0.2, -0.15) is 0 Å². The number of hydrogen-bond donors (Lipinski definition) is 1. The van der Waals surface area contributed by atoms with Crippen molar-refractivity contribution in [3.63, 3.8) is 0 Å². The Hall–Kier alpha value is -2.57. The van der Waals surface area contributed by atoms with Crippen LogP contribution in [0.1, 0.15) is 18.5 Å². The van der Waals surface area contributed by atoms with Crippen molar-refractivity contribution >= 4 is 40.6 Å². The first-order valence-electron chi connectivity index (χ1n) is 8.25. The fourth-order valence-electron chi connectivity index (χ4n) is 3.10. The molecule has 0 fully saturated rings. The van der Waals surface area contributed by atoms with Gasteiger partial charge in [0.2, 0.25) is 0 Å². The summed E-state index contributed by atoms with van der Waals surface area (Å²) in [7, 11) is 2.97. The summed E-state index contributed by atoms with van der Waals surface area (Å²) in [5.41, 5.74) is 2.82. The summed E-state index contributed by atoms with van der Waals surface area (Å²) in [4.78, 5) is 14.4. The first-order valence-corrected chi connectivity index (χ1v) is 9.04. The van der Waals surface area contributed by atoms with E-state index in [4.69, 9.17) is 33.3 Å². The lowest BCUT2D eigenvalue weighted by molar-refractivity contribution is -0.136. The van der Waals surface area contributed by atoms with Crippen LogP contribution < -0.4 is 15.0 Å². The number of rotatable bonds is 4. The van der Waals surface area contributed by atoms with Crippen LogP contribution >= 0.6 is 23.8 Å². The molecule has 0 aromatic heterocycles. The molecule has 1 N–H and O–H groups in total. The molecule has 1 atom stereocenters. The van der Waals surface area contributed by atoms with Gasteiger partial charge < -0.3 is 14.8 Å². The molecule has 3 rings (SSSR count). The molecular weight excluding hydrogens is 384 g/mol. The SMILES string of the molecule is COC(=O)C1=C(C)N(c2ccc(OC)cc2)C(=S)N[C@H]1c1cccc(Cl)c1. The highest BCUT2D eigenvalue weighted by Crippen LogP contribution is 2.35. The van der Waals surface area contributed by atoms with Gasteiger partial charge in [-0.1, -0.05) is 23.7 Å². The monoisotopic (exact) mass is 402 g/mol. The molecule has 2 aromatic rings. The largest absolute Gasteiger partial charge is 0.497 e. The zero-order valence-corrected chi connectivity index (χ0v) is 16.7. The topological polar surface area (TPSA) is 50.8 Å². The van der Waals surface area contributed by atoms with Gasteiger partial charge in [-0.25, -0.2) is 4.79 Å². The lowest BCUT2D eigenvalue weighted by atomic mass is 9.95. The van der Waals surface area contributed by atoms with Crippen molar-refractivity contribution < 1.29 is 14.3 Å². The molecule has 0 radical (unpaired) electrons. The maximum atomic E-state index is 12.6. The highest BCUT2D eigenvalue weighted by molar-refractivity contribution is 7.80. The summed E-state index contributed by atoms with van der Waals surface area (Å²) in [6.45, 7) is 1.85. The van der Waals surface area contributed by atoms with Crippen molar-refractivity contribution in [1.82, 2.24) is 5.32 Å². The van der Waals surface area contributed by atoms with E-state index in [1.54, 1.807) is 19.2 Å². The van der Waals surface area contributed by atoms with Crippen LogP contribution in [0.25, 0.3) is 0 Å². The van der Waals surface area contributed by atoms with Crippen LogP contribution in [0.3, 0.4) is 0 Å². The number of allylic oxidation sites excluding steroid dienone is 1. The van der Waals surface area contributed by atoms with E-state index in [1.165, 1.54) is 7.11 Å². The maximum Gasteiger partial charge on any atom is 0.337 e. The number of methoxy groups -OCH3 is 2. The zero-order chi connectivity index (χ0) is 19.6. The molecule has 0 bridgehead atoms. The molecule has 2 aromatic carbocycles. The van der Waals surface area contributed by atoms with Crippen molar-refractivity contribution in [2.45, 2.75) is 13.0 Å². The molecule has 5 nitrogen and oxygen atoms in total. The van der Waals surface area contributed by atoms with Crippen LogP contribution in [0, 0.1) is 0 Å². The first kappa shape index (κ1) is 19.2. The quantitative estimate of drug-likeness (QED) is 0.610. The molecule has 0 unspecified atom stereocenters. The van der Waals surface area contributed by atoms with E-state index in [2.05, 4.69) is 5.32 Å². The van der Waals surface area contributed by atoms with Gasteiger partial charge in [-0.15, -0.1) is 0 Å². The molecule has 27 heavy (non-hydrogen) atoms. The van der Waals surface area contributed by atoms with Crippen LogP contribution in [0.4, 0.5) is 5.69 Å². The minimum atomic E-state index is -0.446. The van der Waals surface area contributed by atoms with Crippen LogP contribution in [0.15, 0.2) is 59.8 Å². The van der Waals surface area contributed by atoms with Gasteiger partial charge in [-0.05, 0) is 61.1 Å². The number of carbonyl (C=O) groups is 1. The van der Waals surface area contributed by atoms with E-state index in [0.29, 0.717) is 21.4 Å². The Morgan fingerprint density at radius 2 is 1.89 bits per heavy atom. The fourth-order valence-corrected chi connectivity index (χ4v) is 3.65. The molecule has 0 saturated carbocycles.